The minimum absolute atomic E-state index is 0.0298. The lowest BCUT2D eigenvalue weighted by Crippen LogP contribution is -2.39. The van der Waals surface area contributed by atoms with Gasteiger partial charge >= 0.3 is 0 Å². The van der Waals surface area contributed by atoms with E-state index in [4.69, 9.17) is 14.8 Å². The third-order valence-corrected chi connectivity index (χ3v) is 7.44. The summed E-state index contributed by atoms with van der Waals surface area (Å²) in [6, 6.07) is 11.0. The number of nitrogens with one attached hydrogen (secondary N) is 1. The van der Waals surface area contributed by atoms with Crippen LogP contribution in [0.25, 0.3) is 11.3 Å². The van der Waals surface area contributed by atoms with Crippen LogP contribution in [0, 0.1) is 0 Å². The molecule has 1 aromatic carbocycles. The van der Waals surface area contributed by atoms with E-state index in [0.717, 1.165) is 50.5 Å². The molecule has 8 nitrogen and oxygen atoms in total. The van der Waals surface area contributed by atoms with Gasteiger partial charge in [0, 0.05) is 55.8 Å². The molecule has 0 bridgehead atoms. The van der Waals surface area contributed by atoms with Crippen LogP contribution >= 0.6 is 22.7 Å². The molecular formula is C25H30N4O4S2. The highest BCUT2D eigenvalue weighted by molar-refractivity contribution is 7.14. The first-order valence-electron chi connectivity index (χ1n) is 11.8. The summed E-state index contributed by atoms with van der Waals surface area (Å²) >= 11 is 2.89. The first-order valence-corrected chi connectivity index (χ1v) is 13.5. The van der Waals surface area contributed by atoms with Gasteiger partial charge in [-0.1, -0.05) is 18.2 Å². The number of aliphatic hydroxyl groups excluding tert-OH is 1. The molecule has 1 aliphatic heterocycles. The topological polar surface area (TPSA) is 95.0 Å². The van der Waals surface area contributed by atoms with Crippen molar-refractivity contribution in [3.05, 3.63) is 57.6 Å². The Morgan fingerprint density at radius 1 is 1.11 bits per heavy atom. The number of aromatic nitrogens is 1. The first-order chi connectivity index (χ1) is 17.2. The number of carbonyl (C=O) groups is 2. The van der Waals surface area contributed by atoms with Gasteiger partial charge in [-0.3, -0.25) is 19.4 Å². The molecule has 1 fully saturated rings. The lowest BCUT2D eigenvalue weighted by atomic mass is 10.1. The van der Waals surface area contributed by atoms with E-state index in [1.165, 1.54) is 22.7 Å². The van der Waals surface area contributed by atoms with Gasteiger partial charge in [0.25, 0.3) is 11.8 Å². The number of amides is 2. The minimum atomic E-state index is -0.169. The number of hydrogen-bond donors (Lipinski definition) is 2. The van der Waals surface area contributed by atoms with E-state index >= 15 is 0 Å². The van der Waals surface area contributed by atoms with Crippen LogP contribution in [0.15, 0.2) is 47.2 Å². The van der Waals surface area contributed by atoms with Gasteiger partial charge in [0.15, 0.2) is 5.13 Å². The van der Waals surface area contributed by atoms with Crippen LogP contribution < -0.4 is 10.2 Å². The number of nitrogens with zero attached hydrogens (tertiary/aromatic N) is 3. The van der Waals surface area contributed by atoms with Crippen molar-refractivity contribution in [1.82, 2.24) is 15.2 Å². The molecule has 186 valence electrons. The Kier molecular flexibility index (Phi) is 9.38. The highest BCUT2D eigenvalue weighted by Gasteiger charge is 2.22. The molecule has 0 spiro atoms. The number of carbonyl (C=O) groups excluding carboxylic acids is 2. The van der Waals surface area contributed by atoms with Gasteiger partial charge in [0.05, 0.1) is 23.8 Å². The fourth-order valence-corrected chi connectivity index (χ4v) is 5.32. The summed E-state index contributed by atoms with van der Waals surface area (Å²) in [6.07, 6.45) is 1.38. The number of benzene rings is 1. The minimum Gasteiger partial charge on any atom is -0.396 e. The van der Waals surface area contributed by atoms with E-state index in [-0.39, 0.29) is 18.4 Å². The average Bonchev–Trinajstić information content (AvgIpc) is 3.60. The molecule has 1 saturated heterocycles. The smallest absolute Gasteiger partial charge is 0.270 e. The molecule has 10 heteroatoms. The predicted octanol–water partition coefficient (Wildman–Crippen LogP) is 3.35. The Morgan fingerprint density at radius 2 is 1.91 bits per heavy atom. The molecule has 2 aromatic heterocycles. The second-order valence-electron chi connectivity index (χ2n) is 8.17. The van der Waals surface area contributed by atoms with Crippen molar-refractivity contribution in [2.45, 2.75) is 12.8 Å². The standard InChI is InChI=1S/C25H30N4O4S2/c30-14-2-9-26-23(31)20-7-5-19(6-8-20)21-18-35-25(27-21)29(24(32)22-4-1-17-34-22)11-3-10-28-12-15-33-16-13-28/h1,4-8,17-18,30H,2-3,9-16H2,(H,26,31). The number of rotatable bonds is 11. The van der Waals surface area contributed by atoms with Crippen molar-refractivity contribution in [2.24, 2.45) is 0 Å². The van der Waals surface area contributed by atoms with E-state index in [1.54, 1.807) is 17.0 Å². The van der Waals surface area contributed by atoms with Gasteiger partial charge in [-0.05, 0) is 36.4 Å². The van der Waals surface area contributed by atoms with Gasteiger partial charge in [-0.2, -0.15) is 0 Å². The summed E-state index contributed by atoms with van der Waals surface area (Å²) in [6.45, 7) is 5.36. The largest absolute Gasteiger partial charge is 0.396 e. The molecule has 4 rings (SSSR count). The fourth-order valence-electron chi connectivity index (χ4n) is 3.79. The van der Waals surface area contributed by atoms with Crippen molar-refractivity contribution in [2.75, 3.05) is 57.4 Å². The van der Waals surface area contributed by atoms with Crippen molar-refractivity contribution in [1.29, 1.82) is 0 Å². The Labute approximate surface area is 213 Å². The van der Waals surface area contributed by atoms with Crippen LogP contribution in [0.2, 0.25) is 0 Å². The monoisotopic (exact) mass is 514 g/mol. The Hall–Kier alpha value is -2.63. The van der Waals surface area contributed by atoms with E-state index < -0.39 is 0 Å². The summed E-state index contributed by atoms with van der Waals surface area (Å²) in [5.41, 5.74) is 2.21. The van der Waals surface area contributed by atoms with Gasteiger partial charge in [0.1, 0.15) is 0 Å². The molecule has 1 aliphatic rings. The van der Waals surface area contributed by atoms with Crippen LogP contribution in [-0.4, -0.2) is 79.3 Å². The third-order valence-electron chi connectivity index (χ3n) is 5.72. The number of ether oxygens (including phenoxy) is 1. The number of aliphatic hydroxyl groups is 1. The normalized spacial score (nSPS) is 14.1. The molecule has 2 amide bonds. The summed E-state index contributed by atoms with van der Waals surface area (Å²) in [4.78, 5) is 35.1. The molecule has 3 aromatic rings. The number of thiazole rings is 1. The lowest BCUT2D eigenvalue weighted by Gasteiger charge is -2.27. The summed E-state index contributed by atoms with van der Waals surface area (Å²) in [7, 11) is 0. The lowest BCUT2D eigenvalue weighted by molar-refractivity contribution is 0.0376. The summed E-state index contributed by atoms with van der Waals surface area (Å²) < 4.78 is 5.43. The second kappa shape index (κ2) is 12.9. The van der Waals surface area contributed by atoms with E-state index in [9.17, 15) is 9.59 Å². The maximum Gasteiger partial charge on any atom is 0.270 e. The Bertz CT molecular complexity index is 1080. The van der Waals surface area contributed by atoms with Crippen LogP contribution in [-0.2, 0) is 4.74 Å². The van der Waals surface area contributed by atoms with Gasteiger partial charge < -0.3 is 15.2 Å². The van der Waals surface area contributed by atoms with Crippen molar-refractivity contribution >= 4 is 39.6 Å². The SMILES string of the molecule is O=C(NCCCO)c1ccc(-c2csc(N(CCCN3CCOCC3)C(=O)c3cccs3)n2)cc1. The van der Waals surface area contributed by atoms with Gasteiger partial charge in [0.2, 0.25) is 0 Å². The highest BCUT2D eigenvalue weighted by atomic mass is 32.1. The third kappa shape index (κ3) is 6.96. The zero-order valence-electron chi connectivity index (χ0n) is 19.5. The van der Waals surface area contributed by atoms with Crippen molar-refractivity contribution in [3.63, 3.8) is 0 Å². The number of thiophene rings is 1. The van der Waals surface area contributed by atoms with Crippen molar-refractivity contribution in [3.8, 4) is 11.3 Å². The molecule has 0 aliphatic carbocycles. The molecule has 0 saturated carbocycles. The van der Waals surface area contributed by atoms with Crippen LogP contribution in [0.3, 0.4) is 0 Å². The fraction of sp³-hybridized carbons (Fsp3) is 0.400. The van der Waals surface area contributed by atoms with E-state index in [2.05, 4.69) is 10.2 Å². The summed E-state index contributed by atoms with van der Waals surface area (Å²) in [5, 5.41) is 16.2. The maximum atomic E-state index is 13.3. The molecule has 3 heterocycles. The predicted molar refractivity (Wildman–Crippen MR) is 139 cm³/mol. The molecule has 0 radical (unpaired) electrons. The number of hydrogen-bond acceptors (Lipinski definition) is 8. The maximum absolute atomic E-state index is 13.3. The van der Waals surface area contributed by atoms with E-state index in [1.807, 2.05) is 35.0 Å². The average molecular weight is 515 g/mol. The van der Waals surface area contributed by atoms with E-state index in [0.29, 0.717) is 35.1 Å². The zero-order chi connectivity index (χ0) is 24.5. The van der Waals surface area contributed by atoms with Crippen LogP contribution in [0.4, 0.5) is 5.13 Å². The van der Waals surface area contributed by atoms with Gasteiger partial charge in [-0.15, -0.1) is 22.7 Å². The van der Waals surface area contributed by atoms with Gasteiger partial charge in [-0.25, -0.2) is 4.98 Å². The Morgan fingerprint density at radius 3 is 2.63 bits per heavy atom. The molecule has 2 N–H and O–H groups in total. The number of morpholine rings is 1. The van der Waals surface area contributed by atoms with Crippen LogP contribution in [0.5, 0.6) is 0 Å². The molecular weight excluding hydrogens is 484 g/mol. The summed E-state index contributed by atoms with van der Waals surface area (Å²) in [5.74, 6) is -0.199. The molecule has 35 heavy (non-hydrogen) atoms. The zero-order valence-corrected chi connectivity index (χ0v) is 21.2. The van der Waals surface area contributed by atoms with Crippen molar-refractivity contribution < 1.29 is 19.4 Å². The Balaban J connectivity index is 1.44. The molecule has 0 unspecified atom stereocenters. The second-order valence-corrected chi connectivity index (χ2v) is 9.95. The number of anilines is 1. The quantitative estimate of drug-likeness (QED) is 0.381. The first kappa shape index (κ1) is 25.5. The highest BCUT2D eigenvalue weighted by Crippen LogP contribution is 2.29. The molecule has 0 atom stereocenters. The van der Waals surface area contributed by atoms with Crippen LogP contribution in [0.1, 0.15) is 32.9 Å².